The maximum Gasteiger partial charge on any atom is 0.342 e. The molecule has 2 heterocycles. The first kappa shape index (κ1) is 21.4. The lowest BCUT2D eigenvalue weighted by atomic mass is 9.94. The van der Waals surface area contributed by atoms with E-state index in [1.165, 1.54) is 7.11 Å². The first-order chi connectivity index (χ1) is 14.3. The molecule has 0 saturated carbocycles. The van der Waals surface area contributed by atoms with Gasteiger partial charge in [0.1, 0.15) is 29.5 Å². The van der Waals surface area contributed by atoms with Crippen LogP contribution in [0.15, 0.2) is 30.0 Å². The van der Waals surface area contributed by atoms with E-state index >= 15 is 0 Å². The third kappa shape index (κ3) is 4.45. The number of benzene rings is 1. The van der Waals surface area contributed by atoms with Gasteiger partial charge in [-0.3, -0.25) is 4.79 Å². The third-order valence-corrected chi connectivity index (χ3v) is 5.23. The minimum absolute atomic E-state index is 0.0952. The van der Waals surface area contributed by atoms with Gasteiger partial charge in [0.15, 0.2) is 0 Å². The number of aryl methyl sites for hydroxylation is 1. The minimum atomic E-state index is -0.517. The molecule has 0 atom stereocenters. The first-order valence-corrected chi connectivity index (χ1v) is 9.78. The van der Waals surface area contributed by atoms with E-state index in [1.54, 1.807) is 12.3 Å². The number of rotatable bonds is 7. The number of cyclic esters (lactones) is 1. The zero-order valence-corrected chi connectivity index (χ0v) is 17.7. The van der Waals surface area contributed by atoms with Crippen LogP contribution in [0.3, 0.4) is 0 Å². The summed E-state index contributed by atoms with van der Waals surface area (Å²) in [5.74, 6) is 0.355. The number of esters is 1. The van der Waals surface area contributed by atoms with Gasteiger partial charge < -0.3 is 19.9 Å². The predicted octanol–water partition coefficient (Wildman–Crippen LogP) is 3.99. The van der Waals surface area contributed by atoms with Crippen molar-refractivity contribution >= 4 is 17.7 Å². The molecule has 0 radical (unpaired) electrons. The number of nitrogens with one attached hydrogen (secondary N) is 1. The van der Waals surface area contributed by atoms with E-state index < -0.39 is 5.97 Å². The Labute approximate surface area is 175 Å². The SMILES string of the molecule is COc1c(C)c2c(c(O)c1CC=C(C)CCC(=O)Nc1ccc(C)cn1)C(=O)OC2. The van der Waals surface area contributed by atoms with Gasteiger partial charge in [-0.2, -0.15) is 0 Å². The number of pyridine rings is 1. The number of phenolic OH excluding ortho intramolecular Hbond substituents is 1. The van der Waals surface area contributed by atoms with Crippen molar-refractivity contribution in [3.63, 3.8) is 0 Å². The molecule has 1 aliphatic heterocycles. The Bertz CT molecular complexity index is 1010. The van der Waals surface area contributed by atoms with Gasteiger partial charge in [0.2, 0.25) is 5.91 Å². The van der Waals surface area contributed by atoms with Gasteiger partial charge >= 0.3 is 5.97 Å². The molecule has 1 aliphatic rings. The number of aromatic nitrogens is 1. The number of methoxy groups -OCH3 is 1. The molecule has 1 amide bonds. The monoisotopic (exact) mass is 410 g/mol. The Kier molecular flexibility index (Phi) is 6.40. The molecule has 7 nitrogen and oxygen atoms in total. The highest BCUT2D eigenvalue weighted by molar-refractivity contribution is 5.98. The van der Waals surface area contributed by atoms with Gasteiger partial charge in [-0.05, 0) is 50.8 Å². The molecule has 2 N–H and O–H groups in total. The summed E-state index contributed by atoms with van der Waals surface area (Å²) in [5, 5.41) is 13.4. The molecule has 0 fully saturated rings. The summed E-state index contributed by atoms with van der Waals surface area (Å²) in [4.78, 5) is 28.3. The van der Waals surface area contributed by atoms with Crippen molar-refractivity contribution in [1.29, 1.82) is 0 Å². The Hall–Kier alpha value is -3.35. The van der Waals surface area contributed by atoms with Crippen LogP contribution >= 0.6 is 0 Å². The summed E-state index contributed by atoms with van der Waals surface area (Å²) in [7, 11) is 1.54. The molecule has 0 spiro atoms. The van der Waals surface area contributed by atoms with E-state index in [0.717, 1.165) is 16.7 Å². The highest BCUT2D eigenvalue weighted by atomic mass is 16.5. The van der Waals surface area contributed by atoms with Crippen LogP contribution in [0, 0.1) is 13.8 Å². The van der Waals surface area contributed by atoms with Gasteiger partial charge in [0, 0.05) is 23.7 Å². The number of ether oxygens (including phenoxy) is 2. The number of amides is 1. The van der Waals surface area contributed by atoms with Crippen molar-refractivity contribution in [1.82, 2.24) is 4.98 Å². The molecule has 0 unspecified atom stereocenters. The topological polar surface area (TPSA) is 97.8 Å². The van der Waals surface area contributed by atoms with Crippen LogP contribution in [-0.4, -0.2) is 29.1 Å². The lowest BCUT2D eigenvalue weighted by Crippen LogP contribution is -2.12. The Morgan fingerprint density at radius 1 is 1.33 bits per heavy atom. The molecule has 0 saturated heterocycles. The molecule has 2 aromatic rings. The standard InChI is InChI=1S/C23H26N2O5/c1-13(7-10-19(26)25-18-9-6-14(2)11-24-18)5-8-16-21(27)20-17(12-30-23(20)28)15(3)22(16)29-4/h5-6,9,11,27H,7-8,10,12H2,1-4H3,(H,24,25,26). The number of hydrogen-bond acceptors (Lipinski definition) is 6. The molecular formula is C23H26N2O5. The first-order valence-electron chi connectivity index (χ1n) is 9.78. The maximum atomic E-state index is 12.1. The average molecular weight is 410 g/mol. The van der Waals surface area contributed by atoms with Crippen molar-refractivity contribution in [3.8, 4) is 11.5 Å². The van der Waals surface area contributed by atoms with Crippen LogP contribution in [0.4, 0.5) is 5.82 Å². The van der Waals surface area contributed by atoms with Crippen LogP contribution in [0.5, 0.6) is 11.5 Å². The third-order valence-electron chi connectivity index (χ3n) is 5.23. The molecule has 0 bridgehead atoms. The fraction of sp³-hybridized carbons (Fsp3) is 0.348. The summed E-state index contributed by atoms with van der Waals surface area (Å²) in [5.41, 5.74) is 4.24. The number of hydrogen-bond donors (Lipinski definition) is 2. The van der Waals surface area contributed by atoms with Crippen LogP contribution in [0.2, 0.25) is 0 Å². The molecule has 7 heteroatoms. The number of aromatic hydroxyl groups is 1. The molecule has 1 aromatic heterocycles. The van der Waals surface area contributed by atoms with Crippen LogP contribution < -0.4 is 10.1 Å². The normalized spacial score (nSPS) is 13.1. The van der Waals surface area contributed by atoms with E-state index in [0.29, 0.717) is 42.0 Å². The molecule has 0 aliphatic carbocycles. The fourth-order valence-electron chi connectivity index (χ4n) is 3.46. The highest BCUT2D eigenvalue weighted by Gasteiger charge is 2.31. The summed E-state index contributed by atoms with van der Waals surface area (Å²) >= 11 is 0. The lowest BCUT2D eigenvalue weighted by molar-refractivity contribution is -0.116. The maximum absolute atomic E-state index is 12.1. The Balaban J connectivity index is 1.67. The number of anilines is 1. The second kappa shape index (κ2) is 8.98. The van der Waals surface area contributed by atoms with Gasteiger partial charge in [-0.15, -0.1) is 0 Å². The largest absolute Gasteiger partial charge is 0.507 e. The number of allylic oxidation sites excluding steroid dienone is 2. The van der Waals surface area contributed by atoms with Gasteiger partial charge in [-0.1, -0.05) is 17.7 Å². The number of carbonyl (C=O) groups is 2. The lowest BCUT2D eigenvalue weighted by Gasteiger charge is -2.15. The van der Waals surface area contributed by atoms with Crippen LogP contribution in [0.1, 0.15) is 52.4 Å². The van der Waals surface area contributed by atoms with Crippen molar-refractivity contribution in [2.24, 2.45) is 0 Å². The van der Waals surface area contributed by atoms with E-state index in [-0.39, 0.29) is 23.8 Å². The second-order valence-electron chi connectivity index (χ2n) is 7.44. The number of phenols is 1. The molecule has 158 valence electrons. The summed E-state index contributed by atoms with van der Waals surface area (Å²) < 4.78 is 10.6. The Morgan fingerprint density at radius 3 is 2.77 bits per heavy atom. The van der Waals surface area contributed by atoms with Crippen molar-refractivity contribution in [3.05, 3.63) is 57.8 Å². The number of nitrogens with zero attached hydrogens (tertiary/aromatic N) is 1. The van der Waals surface area contributed by atoms with E-state index in [1.807, 2.05) is 32.9 Å². The highest BCUT2D eigenvalue weighted by Crippen LogP contribution is 2.42. The van der Waals surface area contributed by atoms with Crippen LogP contribution in [-0.2, 0) is 22.6 Å². The summed E-state index contributed by atoms with van der Waals surface area (Å²) in [6, 6.07) is 3.66. The zero-order valence-electron chi connectivity index (χ0n) is 17.7. The van der Waals surface area contributed by atoms with Gasteiger partial charge in [0.25, 0.3) is 0 Å². The predicted molar refractivity (Wildman–Crippen MR) is 113 cm³/mol. The molecule has 3 rings (SSSR count). The minimum Gasteiger partial charge on any atom is -0.507 e. The van der Waals surface area contributed by atoms with Crippen molar-refractivity contribution in [2.45, 2.75) is 46.6 Å². The quantitative estimate of drug-likeness (QED) is 0.529. The number of fused-ring (bicyclic) bond motifs is 1. The zero-order chi connectivity index (χ0) is 21.8. The summed E-state index contributed by atoms with van der Waals surface area (Å²) in [6.45, 7) is 5.85. The van der Waals surface area contributed by atoms with E-state index in [9.17, 15) is 14.7 Å². The second-order valence-corrected chi connectivity index (χ2v) is 7.44. The van der Waals surface area contributed by atoms with Crippen LogP contribution in [0.25, 0.3) is 0 Å². The van der Waals surface area contributed by atoms with Gasteiger partial charge in [0.05, 0.1) is 7.11 Å². The summed E-state index contributed by atoms with van der Waals surface area (Å²) in [6.07, 6.45) is 4.89. The van der Waals surface area contributed by atoms with E-state index in [2.05, 4.69) is 10.3 Å². The fourth-order valence-corrected chi connectivity index (χ4v) is 3.46. The van der Waals surface area contributed by atoms with Crippen molar-refractivity contribution < 1.29 is 24.2 Å². The van der Waals surface area contributed by atoms with Crippen molar-refractivity contribution in [2.75, 3.05) is 12.4 Å². The average Bonchev–Trinajstić information content (AvgIpc) is 3.11. The smallest absolute Gasteiger partial charge is 0.342 e. The Morgan fingerprint density at radius 2 is 2.10 bits per heavy atom. The molecule has 30 heavy (non-hydrogen) atoms. The van der Waals surface area contributed by atoms with Gasteiger partial charge in [-0.25, -0.2) is 9.78 Å². The van der Waals surface area contributed by atoms with E-state index in [4.69, 9.17) is 9.47 Å². The molecule has 1 aromatic carbocycles. The number of carbonyl (C=O) groups excluding carboxylic acids is 2. The molecular weight excluding hydrogens is 384 g/mol.